The van der Waals surface area contributed by atoms with Gasteiger partial charge in [-0.05, 0) is 37.1 Å². The minimum atomic E-state index is -0.469. The highest BCUT2D eigenvalue weighted by Gasteiger charge is 2.14. The number of aromatic nitrogens is 1. The van der Waals surface area contributed by atoms with Crippen LogP contribution in [0.2, 0.25) is 10.0 Å². The standard InChI is InChI=1S/C14H13Cl2N3O2/c1-8-5-11(19(20)21)7-17-14(8)18-9(2)12-4-3-10(15)6-13(12)16/h3-7,9H,1-2H3,(H,17,18). The highest BCUT2D eigenvalue weighted by atomic mass is 35.5. The lowest BCUT2D eigenvalue weighted by atomic mass is 10.1. The number of hydrogen-bond donors (Lipinski definition) is 1. The molecule has 2 aromatic rings. The first-order valence-electron chi connectivity index (χ1n) is 6.21. The van der Waals surface area contributed by atoms with Crippen molar-refractivity contribution in [3.63, 3.8) is 0 Å². The number of rotatable bonds is 4. The number of nitrogens with one attached hydrogen (secondary N) is 1. The van der Waals surface area contributed by atoms with Crippen LogP contribution in [0.3, 0.4) is 0 Å². The molecule has 1 atom stereocenters. The van der Waals surface area contributed by atoms with Gasteiger partial charge in [0.2, 0.25) is 0 Å². The van der Waals surface area contributed by atoms with Gasteiger partial charge >= 0.3 is 0 Å². The molecule has 1 unspecified atom stereocenters. The Hall–Kier alpha value is -1.85. The average Bonchev–Trinajstić information content (AvgIpc) is 2.40. The quantitative estimate of drug-likeness (QED) is 0.648. The van der Waals surface area contributed by atoms with Crippen LogP contribution in [0.5, 0.6) is 0 Å². The monoisotopic (exact) mass is 325 g/mol. The van der Waals surface area contributed by atoms with E-state index in [1.54, 1.807) is 19.1 Å². The van der Waals surface area contributed by atoms with Gasteiger partial charge < -0.3 is 5.32 Å². The molecule has 0 amide bonds. The molecule has 2 rings (SSSR count). The zero-order chi connectivity index (χ0) is 15.6. The van der Waals surface area contributed by atoms with Crippen molar-refractivity contribution in [3.8, 4) is 0 Å². The topological polar surface area (TPSA) is 68.1 Å². The fourth-order valence-corrected chi connectivity index (χ4v) is 2.52. The normalized spacial score (nSPS) is 12.0. The molecule has 0 fully saturated rings. The van der Waals surface area contributed by atoms with Crippen LogP contribution in [0.25, 0.3) is 0 Å². The van der Waals surface area contributed by atoms with Crippen molar-refractivity contribution >= 4 is 34.7 Å². The predicted molar refractivity (Wildman–Crippen MR) is 84.1 cm³/mol. The van der Waals surface area contributed by atoms with E-state index < -0.39 is 4.92 Å². The number of halogens is 2. The van der Waals surface area contributed by atoms with Crippen molar-refractivity contribution in [1.82, 2.24) is 4.98 Å². The van der Waals surface area contributed by atoms with Gasteiger partial charge in [0.25, 0.3) is 5.69 Å². The zero-order valence-electron chi connectivity index (χ0n) is 11.4. The molecule has 1 heterocycles. The second-order valence-electron chi connectivity index (χ2n) is 4.65. The van der Waals surface area contributed by atoms with Crippen molar-refractivity contribution < 1.29 is 4.92 Å². The highest BCUT2D eigenvalue weighted by molar-refractivity contribution is 6.35. The number of pyridine rings is 1. The van der Waals surface area contributed by atoms with E-state index in [1.807, 2.05) is 13.0 Å². The Balaban J connectivity index is 2.23. The van der Waals surface area contributed by atoms with Gasteiger partial charge in [-0.1, -0.05) is 29.3 Å². The molecular weight excluding hydrogens is 313 g/mol. The number of hydrogen-bond acceptors (Lipinski definition) is 4. The largest absolute Gasteiger partial charge is 0.363 e. The van der Waals surface area contributed by atoms with Crippen molar-refractivity contribution in [2.75, 3.05) is 5.32 Å². The van der Waals surface area contributed by atoms with Gasteiger partial charge in [0.1, 0.15) is 12.0 Å². The molecule has 0 aliphatic carbocycles. The van der Waals surface area contributed by atoms with Crippen molar-refractivity contribution in [2.24, 2.45) is 0 Å². The SMILES string of the molecule is Cc1cc([N+](=O)[O-])cnc1NC(C)c1ccc(Cl)cc1Cl. The average molecular weight is 326 g/mol. The molecule has 0 bridgehead atoms. The summed E-state index contributed by atoms with van der Waals surface area (Å²) >= 11 is 12.0. The lowest BCUT2D eigenvalue weighted by molar-refractivity contribution is -0.385. The van der Waals surface area contributed by atoms with Gasteiger partial charge in [0.05, 0.1) is 11.0 Å². The third-order valence-electron chi connectivity index (χ3n) is 3.06. The van der Waals surface area contributed by atoms with E-state index in [-0.39, 0.29) is 11.7 Å². The summed E-state index contributed by atoms with van der Waals surface area (Å²) in [6.07, 6.45) is 1.23. The van der Waals surface area contributed by atoms with Crippen LogP contribution in [0, 0.1) is 17.0 Å². The van der Waals surface area contributed by atoms with Crippen LogP contribution in [-0.2, 0) is 0 Å². The molecule has 5 nitrogen and oxygen atoms in total. The molecule has 0 saturated carbocycles. The highest BCUT2D eigenvalue weighted by Crippen LogP contribution is 2.29. The first-order valence-corrected chi connectivity index (χ1v) is 6.96. The van der Waals surface area contributed by atoms with Crippen LogP contribution in [-0.4, -0.2) is 9.91 Å². The molecular formula is C14H13Cl2N3O2. The second kappa shape index (κ2) is 6.28. The van der Waals surface area contributed by atoms with Crippen molar-refractivity contribution in [2.45, 2.75) is 19.9 Å². The Morgan fingerprint density at radius 1 is 1.33 bits per heavy atom. The smallest absolute Gasteiger partial charge is 0.287 e. The zero-order valence-corrected chi connectivity index (χ0v) is 12.9. The number of benzene rings is 1. The van der Waals surface area contributed by atoms with E-state index in [2.05, 4.69) is 10.3 Å². The van der Waals surface area contributed by atoms with E-state index >= 15 is 0 Å². The third-order valence-corrected chi connectivity index (χ3v) is 3.62. The summed E-state index contributed by atoms with van der Waals surface area (Å²) in [5.41, 5.74) is 1.54. The van der Waals surface area contributed by atoms with E-state index in [1.165, 1.54) is 12.3 Å². The Kier molecular flexibility index (Phi) is 4.65. The van der Waals surface area contributed by atoms with E-state index in [4.69, 9.17) is 23.2 Å². The van der Waals surface area contributed by atoms with Crippen LogP contribution >= 0.6 is 23.2 Å². The lowest BCUT2D eigenvalue weighted by Gasteiger charge is -2.17. The molecule has 21 heavy (non-hydrogen) atoms. The van der Waals surface area contributed by atoms with Crippen molar-refractivity contribution in [1.29, 1.82) is 0 Å². The second-order valence-corrected chi connectivity index (χ2v) is 5.49. The van der Waals surface area contributed by atoms with Gasteiger partial charge in [-0.25, -0.2) is 4.98 Å². The summed E-state index contributed by atoms with van der Waals surface area (Å²) in [6, 6.07) is 6.64. The maximum atomic E-state index is 10.7. The fourth-order valence-electron chi connectivity index (χ4n) is 1.95. The van der Waals surface area contributed by atoms with Crippen LogP contribution in [0.4, 0.5) is 11.5 Å². The Bertz CT molecular complexity index is 692. The summed E-state index contributed by atoms with van der Waals surface area (Å²) in [5, 5.41) is 15.0. The third kappa shape index (κ3) is 3.62. The van der Waals surface area contributed by atoms with Gasteiger partial charge in [-0.2, -0.15) is 0 Å². The maximum absolute atomic E-state index is 10.7. The molecule has 0 aliphatic rings. The van der Waals surface area contributed by atoms with Gasteiger partial charge in [-0.15, -0.1) is 0 Å². The molecule has 1 N–H and O–H groups in total. The maximum Gasteiger partial charge on any atom is 0.287 e. The molecule has 1 aromatic carbocycles. The first-order chi connectivity index (χ1) is 9.88. The number of aryl methyl sites for hydroxylation is 1. The Morgan fingerprint density at radius 3 is 2.62 bits per heavy atom. The Morgan fingerprint density at radius 2 is 2.05 bits per heavy atom. The van der Waals surface area contributed by atoms with E-state index in [9.17, 15) is 10.1 Å². The minimum Gasteiger partial charge on any atom is -0.363 e. The van der Waals surface area contributed by atoms with Crippen molar-refractivity contribution in [3.05, 3.63) is 61.7 Å². The molecule has 110 valence electrons. The molecule has 0 saturated heterocycles. The summed E-state index contributed by atoms with van der Waals surface area (Å²) in [4.78, 5) is 14.3. The predicted octanol–water partition coefficient (Wildman–Crippen LogP) is 4.78. The number of nitro groups is 1. The van der Waals surface area contributed by atoms with Gasteiger partial charge in [0, 0.05) is 16.1 Å². The summed E-state index contributed by atoms with van der Waals surface area (Å²) in [6.45, 7) is 3.69. The van der Waals surface area contributed by atoms with Crippen LogP contribution in [0.15, 0.2) is 30.5 Å². The molecule has 0 radical (unpaired) electrons. The summed E-state index contributed by atoms with van der Waals surface area (Å²) in [5.74, 6) is 0.583. The fraction of sp³-hybridized carbons (Fsp3) is 0.214. The first kappa shape index (κ1) is 15.5. The van der Waals surface area contributed by atoms with Gasteiger partial charge in [0.15, 0.2) is 0 Å². The minimum absolute atomic E-state index is 0.0322. The Labute approximate surface area is 132 Å². The molecule has 1 aromatic heterocycles. The summed E-state index contributed by atoms with van der Waals surface area (Å²) in [7, 11) is 0. The lowest BCUT2D eigenvalue weighted by Crippen LogP contribution is -2.10. The van der Waals surface area contributed by atoms with Crippen LogP contribution < -0.4 is 5.32 Å². The molecule has 0 aliphatic heterocycles. The van der Waals surface area contributed by atoms with E-state index in [0.29, 0.717) is 21.4 Å². The van der Waals surface area contributed by atoms with Gasteiger partial charge in [-0.3, -0.25) is 10.1 Å². The summed E-state index contributed by atoms with van der Waals surface area (Å²) < 4.78 is 0. The molecule has 7 heteroatoms. The number of nitrogens with zero attached hydrogens (tertiary/aromatic N) is 2. The molecule has 0 spiro atoms. The number of anilines is 1. The van der Waals surface area contributed by atoms with Crippen LogP contribution in [0.1, 0.15) is 24.1 Å². The van der Waals surface area contributed by atoms with E-state index in [0.717, 1.165) is 5.56 Å².